The van der Waals surface area contributed by atoms with Gasteiger partial charge in [0.1, 0.15) is 6.10 Å². The first-order chi connectivity index (χ1) is 7.79. The lowest BCUT2D eigenvalue weighted by molar-refractivity contribution is 0.00682. The van der Waals surface area contributed by atoms with E-state index >= 15 is 0 Å². The minimum atomic E-state index is -0.316. The minimum Gasteiger partial charge on any atom is -0.484 e. The molecule has 1 N–H and O–H groups in total. The number of hydrogen-bond acceptors (Lipinski definition) is 3. The molecule has 1 aromatic rings. The molecule has 0 radical (unpaired) electrons. The third-order valence-corrected chi connectivity index (χ3v) is 3.02. The zero-order chi connectivity index (χ0) is 11.4. The molecular weight excluding hydrogens is 204 g/mol. The van der Waals surface area contributed by atoms with E-state index in [0.29, 0.717) is 0 Å². The average Bonchev–Trinajstić information content (AvgIpc) is 2.70. The predicted molar refractivity (Wildman–Crippen MR) is 61.4 cm³/mol. The third-order valence-electron chi connectivity index (χ3n) is 3.02. The molecule has 4 heteroatoms. The summed E-state index contributed by atoms with van der Waals surface area (Å²) in [4.78, 5) is 0. The highest BCUT2D eigenvalue weighted by Crippen LogP contribution is 2.23. The molecule has 0 aliphatic heterocycles. The molecule has 0 aromatic carbocycles. The predicted octanol–water partition coefficient (Wildman–Crippen LogP) is 1.98. The first kappa shape index (κ1) is 11.5. The lowest BCUT2D eigenvalue weighted by atomic mass is 9.95. The zero-order valence-corrected chi connectivity index (χ0v) is 9.80. The molecule has 0 saturated heterocycles. The lowest BCUT2D eigenvalue weighted by Gasteiger charge is -2.27. The molecule has 2 rings (SSSR count). The van der Waals surface area contributed by atoms with Crippen molar-refractivity contribution in [2.24, 2.45) is 0 Å². The van der Waals surface area contributed by atoms with E-state index in [9.17, 15) is 5.11 Å². The molecule has 0 spiro atoms. The monoisotopic (exact) mass is 224 g/mol. The fourth-order valence-electron chi connectivity index (χ4n) is 2.15. The summed E-state index contributed by atoms with van der Waals surface area (Å²) in [6.07, 6.45) is 8.39. The van der Waals surface area contributed by atoms with Crippen LogP contribution in [-0.2, 0) is 6.54 Å². The van der Waals surface area contributed by atoms with Crippen molar-refractivity contribution in [1.82, 2.24) is 9.78 Å². The molecule has 4 nitrogen and oxygen atoms in total. The summed E-state index contributed by atoms with van der Waals surface area (Å²) in [5, 5.41) is 14.0. The lowest BCUT2D eigenvalue weighted by Crippen LogP contribution is -2.34. The van der Waals surface area contributed by atoms with Crippen LogP contribution in [0, 0.1) is 0 Å². The maximum atomic E-state index is 9.79. The van der Waals surface area contributed by atoms with Crippen LogP contribution < -0.4 is 4.74 Å². The highest BCUT2D eigenvalue weighted by molar-refractivity contribution is 5.12. The quantitative estimate of drug-likeness (QED) is 0.850. The van der Waals surface area contributed by atoms with E-state index in [1.807, 2.05) is 10.9 Å². The molecule has 16 heavy (non-hydrogen) atoms. The van der Waals surface area contributed by atoms with Crippen LogP contribution in [0.5, 0.6) is 5.75 Å². The fourth-order valence-corrected chi connectivity index (χ4v) is 2.15. The smallest absolute Gasteiger partial charge is 0.157 e. The summed E-state index contributed by atoms with van der Waals surface area (Å²) >= 11 is 0. The summed E-state index contributed by atoms with van der Waals surface area (Å²) in [5.74, 6) is 0.777. The van der Waals surface area contributed by atoms with Gasteiger partial charge in [-0.15, -0.1) is 0 Å². The fraction of sp³-hybridized carbons (Fsp3) is 0.750. The molecule has 2 unspecified atom stereocenters. The van der Waals surface area contributed by atoms with Crippen LogP contribution in [0.25, 0.3) is 0 Å². The number of ether oxygens (including phenoxy) is 1. The number of aliphatic hydroxyl groups is 1. The van der Waals surface area contributed by atoms with Crippen molar-refractivity contribution in [2.45, 2.75) is 57.8 Å². The second kappa shape index (κ2) is 5.34. The van der Waals surface area contributed by atoms with Gasteiger partial charge in [0.2, 0.25) is 0 Å². The second-order valence-electron chi connectivity index (χ2n) is 4.45. The summed E-state index contributed by atoms with van der Waals surface area (Å²) in [5.41, 5.74) is 0. The molecular formula is C12H20N2O2. The van der Waals surface area contributed by atoms with Gasteiger partial charge in [-0.05, 0) is 25.7 Å². The standard InChI is InChI=1S/C12H20N2O2/c1-2-7-14-9-10(8-13-14)16-12-6-4-3-5-11(12)15/h8-9,11-12,15H,2-7H2,1H3. The average molecular weight is 224 g/mol. The summed E-state index contributed by atoms with van der Waals surface area (Å²) in [7, 11) is 0. The summed E-state index contributed by atoms with van der Waals surface area (Å²) < 4.78 is 7.64. The molecule has 1 aromatic heterocycles. The van der Waals surface area contributed by atoms with Gasteiger partial charge < -0.3 is 9.84 Å². The first-order valence-corrected chi connectivity index (χ1v) is 6.16. The maximum absolute atomic E-state index is 9.79. The van der Waals surface area contributed by atoms with Crippen LogP contribution in [0.1, 0.15) is 39.0 Å². The summed E-state index contributed by atoms with van der Waals surface area (Å²) in [6, 6.07) is 0. The van der Waals surface area contributed by atoms with Crippen LogP contribution >= 0.6 is 0 Å². The maximum Gasteiger partial charge on any atom is 0.157 e. The Labute approximate surface area is 96.2 Å². The van der Waals surface area contributed by atoms with Gasteiger partial charge in [0, 0.05) is 6.54 Å². The van der Waals surface area contributed by atoms with Crippen molar-refractivity contribution in [3.05, 3.63) is 12.4 Å². The molecule has 1 aliphatic carbocycles. The Bertz CT molecular complexity index is 325. The van der Waals surface area contributed by atoms with E-state index in [2.05, 4.69) is 12.0 Å². The summed E-state index contributed by atoms with van der Waals surface area (Å²) in [6.45, 7) is 3.03. The number of rotatable bonds is 4. The van der Waals surface area contributed by atoms with E-state index < -0.39 is 0 Å². The van der Waals surface area contributed by atoms with E-state index in [1.54, 1.807) is 6.20 Å². The number of nitrogens with zero attached hydrogens (tertiary/aromatic N) is 2. The van der Waals surface area contributed by atoms with Gasteiger partial charge in [-0.25, -0.2) is 0 Å². The van der Waals surface area contributed by atoms with Gasteiger partial charge in [-0.1, -0.05) is 13.3 Å². The Morgan fingerprint density at radius 2 is 2.31 bits per heavy atom. The van der Waals surface area contributed by atoms with Gasteiger partial charge in [0.15, 0.2) is 5.75 Å². The van der Waals surface area contributed by atoms with Gasteiger partial charge in [0.25, 0.3) is 0 Å². The zero-order valence-electron chi connectivity index (χ0n) is 9.80. The van der Waals surface area contributed by atoms with E-state index in [1.165, 1.54) is 0 Å². The topological polar surface area (TPSA) is 47.3 Å². The Kier molecular flexibility index (Phi) is 3.83. The molecule has 1 fully saturated rings. The number of aliphatic hydroxyl groups excluding tert-OH is 1. The van der Waals surface area contributed by atoms with E-state index in [4.69, 9.17) is 4.74 Å². The van der Waals surface area contributed by atoms with Crippen molar-refractivity contribution in [1.29, 1.82) is 0 Å². The largest absolute Gasteiger partial charge is 0.484 e. The van der Waals surface area contributed by atoms with Crippen molar-refractivity contribution >= 4 is 0 Å². The van der Waals surface area contributed by atoms with Crippen LogP contribution in [0.2, 0.25) is 0 Å². The second-order valence-corrected chi connectivity index (χ2v) is 4.45. The Morgan fingerprint density at radius 3 is 3.06 bits per heavy atom. The molecule has 2 atom stereocenters. The van der Waals surface area contributed by atoms with Crippen molar-refractivity contribution < 1.29 is 9.84 Å². The Hall–Kier alpha value is -1.03. The Morgan fingerprint density at radius 1 is 1.50 bits per heavy atom. The molecule has 1 aliphatic rings. The normalized spacial score (nSPS) is 25.6. The minimum absolute atomic E-state index is 0.0481. The molecule has 0 amide bonds. The number of hydrogen-bond donors (Lipinski definition) is 1. The molecule has 1 heterocycles. The van der Waals surface area contributed by atoms with E-state index in [0.717, 1.165) is 44.4 Å². The highest BCUT2D eigenvalue weighted by atomic mass is 16.5. The van der Waals surface area contributed by atoms with Gasteiger partial charge in [-0.2, -0.15) is 5.10 Å². The van der Waals surface area contributed by atoms with Crippen LogP contribution in [0.4, 0.5) is 0 Å². The molecule has 90 valence electrons. The molecule has 1 saturated carbocycles. The van der Waals surface area contributed by atoms with Gasteiger partial charge in [-0.3, -0.25) is 4.68 Å². The van der Waals surface area contributed by atoms with Crippen LogP contribution in [-0.4, -0.2) is 27.1 Å². The SMILES string of the molecule is CCCn1cc(OC2CCCCC2O)cn1. The van der Waals surface area contributed by atoms with Crippen molar-refractivity contribution in [2.75, 3.05) is 0 Å². The van der Waals surface area contributed by atoms with Gasteiger partial charge >= 0.3 is 0 Å². The van der Waals surface area contributed by atoms with Crippen LogP contribution in [0.3, 0.4) is 0 Å². The highest BCUT2D eigenvalue weighted by Gasteiger charge is 2.24. The van der Waals surface area contributed by atoms with E-state index in [-0.39, 0.29) is 12.2 Å². The van der Waals surface area contributed by atoms with Gasteiger partial charge in [0.05, 0.1) is 18.5 Å². The third kappa shape index (κ3) is 2.76. The Balaban J connectivity index is 1.91. The number of aryl methyl sites for hydroxylation is 1. The first-order valence-electron chi connectivity index (χ1n) is 6.16. The van der Waals surface area contributed by atoms with Crippen LogP contribution in [0.15, 0.2) is 12.4 Å². The van der Waals surface area contributed by atoms with Crippen molar-refractivity contribution in [3.63, 3.8) is 0 Å². The number of aromatic nitrogens is 2. The van der Waals surface area contributed by atoms with Crippen molar-refractivity contribution in [3.8, 4) is 5.75 Å². The molecule has 0 bridgehead atoms.